The molecule has 0 unspecified atom stereocenters. The number of carbonyl (C=O) groups is 1. The monoisotopic (exact) mass is 307 g/mol. The molecule has 1 aromatic rings. The fraction of sp³-hybridized carbons (Fsp3) is 0.562. The Morgan fingerprint density at radius 1 is 1.57 bits per heavy atom. The van der Waals surface area contributed by atoms with Gasteiger partial charge in [-0.25, -0.2) is 0 Å². The number of amides is 1. The topological polar surface area (TPSA) is 38.8 Å². The molecule has 0 N–H and O–H groups in total. The van der Waals surface area contributed by atoms with Crippen LogP contribution in [0.4, 0.5) is 0 Å². The van der Waals surface area contributed by atoms with Gasteiger partial charge in [0.2, 0.25) is 5.91 Å². The first-order valence-electron chi connectivity index (χ1n) is 7.45. The highest BCUT2D eigenvalue weighted by atomic mass is 32.1. The van der Waals surface area contributed by atoms with Crippen molar-refractivity contribution in [3.63, 3.8) is 0 Å². The lowest BCUT2D eigenvalue weighted by atomic mass is 10.1. The Morgan fingerprint density at radius 3 is 3.24 bits per heavy atom. The SMILES string of the molecule is C=CCO[C@H]1[C@H]2CC[C@H]1OCCN2C(=O)Cc1cccs1. The second-order valence-corrected chi connectivity index (χ2v) is 6.52. The molecule has 114 valence electrons. The molecule has 2 fully saturated rings. The lowest BCUT2D eigenvalue weighted by Gasteiger charge is -2.31. The molecule has 21 heavy (non-hydrogen) atoms. The zero-order valence-corrected chi connectivity index (χ0v) is 12.9. The molecule has 3 rings (SSSR count). The molecule has 1 saturated heterocycles. The fourth-order valence-electron chi connectivity index (χ4n) is 3.26. The average Bonchev–Trinajstić information content (AvgIpc) is 3.04. The van der Waals surface area contributed by atoms with Crippen LogP contribution >= 0.6 is 11.3 Å². The molecule has 2 aliphatic rings. The third kappa shape index (κ3) is 3.20. The summed E-state index contributed by atoms with van der Waals surface area (Å²) in [5, 5.41) is 2.01. The van der Waals surface area contributed by atoms with Crippen molar-refractivity contribution in [2.45, 2.75) is 37.5 Å². The summed E-state index contributed by atoms with van der Waals surface area (Å²) in [5.74, 6) is 0.181. The van der Waals surface area contributed by atoms with Crippen LogP contribution in [0.5, 0.6) is 0 Å². The Morgan fingerprint density at radius 2 is 2.48 bits per heavy atom. The van der Waals surface area contributed by atoms with Crippen molar-refractivity contribution in [1.29, 1.82) is 0 Å². The summed E-state index contributed by atoms with van der Waals surface area (Å²) in [7, 11) is 0. The zero-order valence-electron chi connectivity index (χ0n) is 12.1. The van der Waals surface area contributed by atoms with Gasteiger partial charge in [-0.15, -0.1) is 17.9 Å². The minimum atomic E-state index is -0.0159. The molecule has 2 heterocycles. The average molecular weight is 307 g/mol. The van der Waals surface area contributed by atoms with Crippen LogP contribution in [0.15, 0.2) is 30.2 Å². The summed E-state index contributed by atoms with van der Waals surface area (Å²) in [4.78, 5) is 15.7. The Kier molecular flexibility index (Phi) is 4.73. The molecule has 1 aliphatic carbocycles. The van der Waals surface area contributed by atoms with Crippen molar-refractivity contribution < 1.29 is 14.3 Å². The molecule has 0 spiro atoms. The molecule has 5 heteroatoms. The summed E-state index contributed by atoms with van der Waals surface area (Å²) < 4.78 is 11.7. The van der Waals surface area contributed by atoms with E-state index in [0.717, 1.165) is 17.7 Å². The normalized spacial score (nSPS) is 28.4. The van der Waals surface area contributed by atoms with E-state index in [1.807, 2.05) is 22.4 Å². The van der Waals surface area contributed by atoms with Gasteiger partial charge in [0.25, 0.3) is 0 Å². The quantitative estimate of drug-likeness (QED) is 0.783. The van der Waals surface area contributed by atoms with E-state index in [-0.39, 0.29) is 24.2 Å². The Bertz CT molecular complexity index is 488. The van der Waals surface area contributed by atoms with E-state index in [2.05, 4.69) is 6.58 Å². The highest BCUT2D eigenvalue weighted by Gasteiger charge is 2.44. The third-order valence-corrected chi connectivity index (χ3v) is 5.07. The maximum absolute atomic E-state index is 12.6. The van der Waals surface area contributed by atoms with Crippen molar-refractivity contribution in [3.8, 4) is 0 Å². The molecule has 1 aliphatic heterocycles. The van der Waals surface area contributed by atoms with Crippen LogP contribution in [0.25, 0.3) is 0 Å². The number of thiophene rings is 1. The van der Waals surface area contributed by atoms with Gasteiger partial charge in [-0.05, 0) is 24.3 Å². The van der Waals surface area contributed by atoms with Crippen LogP contribution in [-0.4, -0.2) is 48.8 Å². The summed E-state index contributed by atoms with van der Waals surface area (Å²) in [6, 6.07) is 4.14. The fourth-order valence-corrected chi connectivity index (χ4v) is 3.96. The van der Waals surface area contributed by atoms with E-state index < -0.39 is 0 Å². The lowest BCUT2D eigenvalue weighted by Crippen LogP contribution is -2.47. The van der Waals surface area contributed by atoms with Crippen molar-refractivity contribution in [2.75, 3.05) is 19.8 Å². The largest absolute Gasteiger partial charge is 0.374 e. The van der Waals surface area contributed by atoms with Gasteiger partial charge in [0.15, 0.2) is 0 Å². The highest BCUT2D eigenvalue weighted by Crippen LogP contribution is 2.32. The molecule has 0 aromatic carbocycles. The first-order valence-corrected chi connectivity index (χ1v) is 8.33. The summed E-state index contributed by atoms with van der Waals surface area (Å²) in [6.07, 6.45) is 4.26. The molecule has 0 radical (unpaired) electrons. The van der Waals surface area contributed by atoms with Crippen LogP contribution < -0.4 is 0 Å². The van der Waals surface area contributed by atoms with Crippen LogP contribution in [0.2, 0.25) is 0 Å². The van der Waals surface area contributed by atoms with Gasteiger partial charge in [0, 0.05) is 11.4 Å². The number of carbonyl (C=O) groups excluding carboxylic acids is 1. The van der Waals surface area contributed by atoms with E-state index in [9.17, 15) is 4.79 Å². The van der Waals surface area contributed by atoms with Gasteiger partial charge in [0.05, 0.1) is 31.8 Å². The predicted octanol–water partition coefficient (Wildman–Crippen LogP) is 2.25. The number of nitrogens with zero attached hydrogens (tertiary/aromatic N) is 1. The minimum absolute atomic E-state index is 0.0159. The number of ether oxygens (including phenoxy) is 2. The summed E-state index contributed by atoms with van der Waals surface area (Å²) in [5.41, 5.74) is 0. The molecular weight excluding hydrogens is 286 g/mol. The van der Waals surface area contributed by atoms with Crippen LogP contribution in [0, 0.1) is 0 Å². The van der Waals surface area contributed by atoms with Crippen molar-refractivity contribution in [1.82, 2.24) is 4.90 Å². The van der Waals surface area contributed by atoms with Crippen molar-refractivity contribution in [2.24, 2.45) is 0 Å². The van der Waals surface area contributed by atoms with Crippen LogP contribution in [0.1, 0.15) is 17.7 Å². The van der Waals surface area contributed by atoms with E-state index >= 15 is 0 Å². The van der Waals surface area contributed by atoms with Crippen molar-refractivity contribution in [3.05, 3.63) is 35.0 Å². The zero-order chi connectivity index (χ0) is 14.7. The van der Waals surface area contributed by atoms with E-state index in [0.29, 0.717) is 26.2 Å². The van der Waals surface area contributed by atoms with Gasteiger partial charge in [-0.2, -0.15) is 0 Å². The van der Waals surface area contributed by atoms with Crippen LogP contribution in [-0.2, 0) is 20.7 Å². The third-order valence-electron chi connectivity index (χ3n) is 4.19. The van der Waals surface area contributed by atoms with Gasteiger partial charge >= 0.3 is 0 Å². The summed E-state index contributed by atoms with van der Waals surface area (Å²) in [6.45, 7) is 5.47. The molecule has 1 aromatic heterocycles. The molecule has 1 amide bonds. The van der Waals surface area contributed by atoms with Gasteiger partial charge in [-0.3, -0.25) is 4.79 Å². The predicted molar refractivity (Wildman–Crippen MR) is 82.4 cm³/mol. The second-order valence-electron chi connectivity index (χ2n) is 5.48. The smallest absolute Gasteiger partial charge is 0.228 e. The van der Waals surface area contributed by atoms with Gasteiger partial charge < -0.3 is 14.4 Å². The number of fused-ring (bicyclic) bond motifs is 2. The van der Waals surface area contributed by atoms with E-state index in [1.165, 1.54) is 0 Å². The lowest BCUT2D eigenvalue weighted by molar-refractivity contribution is -0.134. The highest BCUT2D eigenvalue weighted by molar-refractivity contribution is 7.10. The van der Waals surface area contributed by atoms with Gasteiger partial charge in [0.1, 0.15) is 6.10 Å². The maximum Gasteiger partial charge on any atom is 0.228 e. The van der Waals surface area contributed by atoms with Crippen molar-refractivity contribution >= 4 is 17.2 Å². The molecule has 2 bridgehead atoms. The molecular formula is C16H21NO3S. The summed E-state index contributed by atoms with van der Waals surface area (Å²) >= 11 is 1.63. The molecule has 3 atom stereocenters. The molecule has 4 nitrogen and oxygen atoms in total. The number of rotatable bonds is 5. The molecule has 1 saturated carbocycles. The first-order chi connectivity index (χ1) is 10.3. The van der Waals surface area contributed by atoms with E-state index in [1.54, 1.807) is 17.4 Å². The minimum Gasteiger partial charge on any atom is -0.374 e. The Hall–Kier alpha value is -1.17. The number of hydrogen-bond acceptors (Lipinski definition) is 4. The second kappa shape index (κ2) is 6.73. The maximum atomic E-state index is 12.6. The van der Waals surface area contributed by atoms with Gasteiger partial charge in [-0.1, -0.05) is 12.1 Å². The Balaban J connectivity index is 1.71. The number of hydrogen-bond donors (Lipinski definition) is 0. The first kappa shape index (κ1) is 14.8. The van der Waals surface area contributed by atoms with E-state index in [4.69, 9.17) is 9.47 Å². The standard InChI is InChI=1S/C16H21NO3S/c1-2-8-20-16-13-5-6-14(16)19-9-7-17(13)15(18)11-12-4-3-10-21-12/h2-4,10,13-14,16H,1,5-9,11H2/t13-,14-,16+/m1/s1. The van der Waals surface area contributed by atoms with Crippen LogP contribution in [0.3, 0.4) is 0 Å². The Labute approximate surface area is 129 Å².